The normalized spacial score (nSPS) is 16.2. The van der Waals surface area contributed by atoms with Crippen LogP contribution in [0.15, 0.2) is 46.0 Å². The molecule has 0 unspecified atom stereocenters. The molecule has 116 valence electrons. The minimum Gasteiger partial charge on any atom is -0.462 e. The molecule has 2 aromatic heterocycles. The smallest absolute Gasteiger partial charge is 0.285 e. The van der Waals surface area contributed by atoms with Gasteiger partial charge in [-0.05, 0) is 43.4 Å². The Labute approximate surface area is 141 Å². The van der Waals surface area contributed by atoms with Crippen LogP contribution < -0.4 is 5.43 Å². The van der Waals surface area contributed by atoms with Gasteiger partial charge in [-0.3, -0.25) is 20.0 Å². The topological polar surface area (TPSA) is 75.4 Å². The summed E-state index contributed by atoms with van der Waals surface area (Å²) in [4.78, 5) is 28.7. The van der Waals surface area contributed by atoms with E-state index in [4.69, 9.17) is 16.6 Å². The number of aryl methyl sites for hydroxylation is 1. The first kappa shape index (κ1) is 15.4. The van der Waals surface area contributed by atoms with Gasteiger partial charge in [0, 0.05) is 18.5 Å². The Hall–Kier alpha value is -2.45. The predicted octanol–water partition coefficient (Wildman–Crippen LogP) is 2.53. The highest BCUT2D eigenvalue weighted by molar-refractivity contribution is 8.26. The first-order valence-electron chi connectivity index (χ1n) is 6.60. The summed E-state index contributed by atoms with van der Waals surface area (Å²) in [6.07, 6.45) is 4.57. The van der Waals surface area contributed by atoms with Crippen LogP contribution in [0.3, 0.4) is 0 Å². The third kappa shape index (κ3) is 3.33. The van der Waals surface area contributed by atoms with Crippen molar-refractivity contribution < 1.29 is 14.0 Å². The molecule has 0 saturated carbocycles. The second kappa shape index (κ2) is 6.35. The van der Waals surface area contributed by atoms with Crippen LogP contribution in [0.2, 0.25) is 0 Å². The molecule has 8 heteroatoms. The number of hydrazine groups is 1. The number of aromatic nitrogens is 1. The molecule has 3 heterocycles. The summed E-state index contributed by atoms with van der Waals surface area (Å²) in [5, 5.41) is 1.05. The number of hydrogen-bond acceptors (Lipinski definition) is 6. The summed E-state index contributed by atoms with van der Waals surface area (Å²) >= 11 is 6.25. The molecule has 1 saturated heterocycles. The van der Waals surface area contributed by atoms with Crippen LogP contribution in [0.1, 0.15) is 21.9 Å². The molecule has 0 atom stereocenters. The molecule has 0 aromatic carbocycles. The molecule has 6 nitrogen and oxygen atoms in total. The van der Waals surface area contributed by atoms with E-state index >= 15 is 0 Å². The molecule has 2 aromatic rings. The van der Waals surface area contributed by atoms with Crippen LogP contribution in [-0.2, 0) is 4.79 Å². The molecule has 0 spiro atoms. The number of pyridine rings is 1. The van der Waals surface area contributed by atoms with Crippen molar-refractivity contribution >= 4 is 46.2 Å². The number of carbonyl (C=O) groups is 2. The molecule has 1 aliphatic rings. The summed E-state index contributed by atoms with van der Waals surface area (Å²) in [6.45, 7) is 1.82. The first-order chi connectivity index (χ1) is 11.0. The Balaban J connectivity index is 1.77. The third-order valence-corrected chi connectivity index (χ3v) is 4.27. The monoisotopic (exact) mass is 345 g/mol. The van der Waals surface area contributed by atoms with Crippen LogP contribution in [0.5, 0.6) is 0 Å². The van der Waals surface area contributed by atoms with Crippen molar-refractivity contribution in [1.82, 2.24) is 15.4 Å². The molecule has 1 fully saturated rings. The molecular weight excluding hydrogens is 334 g/mol. The zero-order chi connectivity index (χ0) is 16.4. The van der Waals surface area contributed by atoms with Crippen molar-refractivity contribution in [2.24, 2.45) is 0 Å². The third-order valence-electron chi connectivity index (χ3n) is 2.97. The molecule has 0 bridgehead atoms. The van der Waals surface area contributed by atoms with Gasteiger partial charge in [-0.15, -0.1) is 0 Å². The molecule has 1 N–H and O–H groups in total. The van der Waals surface area contributed by atoms with E-state index in [0.29, 0.717) is 16.2 Å². The zero-order valence-electron chi connectivity index (χ0n) is 12.0. The highest BCUT2D eigenvalue weighted by Gasteiger charge is 2.34. The Kier molecular flexibility index (Phi) is 4.26. The van der Waals surface area contributed by atoms with E-state index in [1.807, 2.05) is 6.92 Å². The molecule has 3 rings (SSSR count). The lowest BCUT2D eigenvalue weighted by molar-refractivity contribution is -0.123. The van der Waals surface area contributed by atoms with Crippen LogP contribution in [0, 0.1) is 6.92 Å². The highest BCUT2D eigenvalue weighted by Crippen LogP contribution is 2.31. The van der Waals surface area contributed by atoms with Gasteiger partial charge in [0.15, 0.2) is 4.32 Å². The lowest BCUT2D eigenvalue weighted by atomic mass is 10.3. The van der Waals surface area contributed by atoms with Gasteiger partial charge in [-0.2, -0.15) is 5.01 Å². The maximum atomic E-state index is 12.4. The van der Waals surface area contributed by atoms with E-state index in [0.717, 1.165) is 22.5 Å². The first-order valence-corrected chi connectivity index (χ1v) is 7.82. The van der Waals surface area contributed by atoms with Gasteiger partial charge in [0.05, 0.1) is 10.5 Å². The van der Waals surface area contributed by atoms with Crippen molar-refractivity contribution in [1.29, 1.82) is 0 Å². The Bertz CT molecular complexity index is 814. The average molecular weight is 345 g/mol. The molecule has 0 radical (unpaired) electrons. The van der Waals surface area contributed by atoms with Crippen molar-refractivity contribution in [3.63, 3.8) is 0 Å². The van der Waals surface area contributed by atoms with Crippen molar-refractivity contribution in [3.05, 3.63) is 58.6 Å². The summed E-state index contributed by atoms with van der Waals surface area (Å²) in [5.74, 6) is 0.453. The molecule has 23 heavy (non-hydrogen) atoms. The Morgan fingerprint density at radius 3 is 2.91 bits per heavy atom. The van der Waals surface area contributed by atoms with Crippen molar-refractivity contribution in [2.45, 2.75) is 6.92 Å². The van der Waals surface area contributed by atoms with Crippen LogP contribution in [-0.4, -0.2) is 26.1 Å². The van der Waals surface area contributed by atoms with E-state index in [1.165, 1.54) is 6.20 Å². The van der Waals surface area contributed by atoms with E-state index in [1.54, 1.807) is 36.5 Å². The van der Waals surface area contributed by atoms with Crippen LogP contribution >= 0.6 is 24.0 Å². The van der Waals surface area contributed by atoms with E-state index < -0.39 is 11.8 Å². The standard InChI is InChI=1S/C15H11N3O3S2/c1-9-4-5-11(21-9)7-12-14(20)18(15(22)23-12)17-13(19)10-3-2-6-16-8-10/h2-8H,1H3,(H,17,19)/b12-7+. The number of thiocarbonyl (C=S) groups is 1. The van der Waals surface area contributed by atoms with Gasteiger partial charge in [-0.1, -0.05) is 11.8 Å². The summed E-state index contributed by atoms with van der Waals surface area (Å²) in [6, 6.07) is 6.80. The van der Waals surface area contributed by atoms with Gasteiger partial charge >= 0.3 is 0 Å². The Morgan fingerprint density at radius 2 is 2.26 bits per heavy atom. The van der Waals surface area contributed by atoms with E-state index in [-0.39, 0.29) is 4.32 Å². The number of amides is 2. The van der Waals surface area contributed by atoms with Gasteiger partial charge in [0.1, 0.15) is 11.5 Å². The number of hydrogen-bond donors (Lipinski definition) is 1. The lowest BCUT2D eigenvalue weighted by Gasteiger charge is -2.15. The van der Waals surface area contributed by atoms with E-state index in [2.05, 4.69) is 10.4 Å². The van der Waals surface area contributed by atoms with Gasteiger partial charge < -0.3 is 4.42 Å². The summed E-state index contributed by atoms with van der Waals surface area (Å²) in [7, 11) is 0. The fourth-order valence-corrected chi connectivity index (χ4v) is 3.05. The maximum absolute atomic E-state index is 12.4. The fraction of sp³-hybridized carbons (Fsp3) is 0.0667. The maximum Gasteiger partial charge on any atom is 0.285 e. The number of nitrogens with zero attached hydrogens (tertiary/aromatic N) is 2. The van der Waals surface area contributed by atoms with Crippen LogP contribution in [0.4, 0.5) is 0 Å². The van der Waals surface area contributed by atoms with E-state index in [9.17, 15) is 9.59 Å². The SMILES string of the molecule is Cc1ccc(/C=C2/SC(=S)N(NC(=O)c3cccnc3)C2=O)o1. The zero-order valence-corrected chi connectivity index (χ0v) is 13.6. The summed E-state index contributed by atoms with van der Waals surface area (Å²) in [5.41, 5.74) is 2.83. The quantitative estimate of drug-likeness (QED) is 0.680. The van der Waals surface area contributed by atoms with Gasteiger partial charge in [0.2, 0.25) is 0 Å². The molecule has 2 amide bonds. The fourth-order valence-electron chi connectivity index (χ4n) is 1.89. The van der Waals surface area contributed by atoms with Gasteiger partial charge in [-0.25, -0.2) is 0 Å². The van der Waals surface area contributed by atoms with Crippen molar-refractivity contribution in [2.75, 3.05) is 0 Å². The minimum absolute atomic E-state index is 0.252. The average Bonchev–Trinajstić information content (AvgIpc) is 3.07. The number of nitrogens with one attached hydrogen (secondary N) is 1. The highest BCUT2D eigenvalue weighted by atomic mass is 32.2. The molecule has 1 aliphatic heterocycles. The van der Waals surface area contributed by atoms with Crippen LogP contribution in [0.25, 0.3) is 6.08 Å². The molecular formula is C15H11N3O3S2. The Morgan fingerprint density at radius 1 is 1.43 bits per heavy atom. The second-order valence-electron chi connectivity index (χ2n) is 4.65. The lowest BCUT2D eigenvalue weighted by Crippen LogP contribution is -2.44. The minimum atomic E-state index is -0.454. The molecule has 0 aliphatic carbocycles. The number of carbonyl (C=O) groups excluding carboxylic acids is 2. The number of rotatable bonds is 3. The summed E-state index contributed by atoms with van der Waals surface area (Å²) < 4.78 is 5.67. The number of furan rings is 1. The second-order valence-corrected chi connectivity index (χ2v) is 6.32. The number of thioether (sulfide) groups is 1. The van der Waals surface area contributed by atoms with Crippen molar-refractivity contribution in [3.8, 4) is 0 Å². The largest absolute Gasteiger partial charge is 0.462 e. The van der Waals surface area contributed by atoms with Gasteiger partial charge in [0.25, 0.3) is 11.8 Å². The predicted molar refractivity (Wildman–Crippen MR) is 90.2 cm³/mol.